The summed E-state index contributed by atoms with van der Waals surface area (Å²) in [5, 5.41) is 2.23. The first-order chi connectivity index (χ1) is 9.76. The molecule has 2 aromatic rings. The number of hydrogen-bond donors (Lipinski definition) is 1. The van der Waals surface area contributed by atoms with E-state index >= 15 is 0 Å². The second kappa shape index (κ2) is 7.75. The number of hydrogen-bond acceptors (Lipinski definition) is 3. The van der Waals surface area contributed by atoms with Crippen molar-refractivity contribution in [3.63, 3.8) is 0 Å². The molecule has 1 aliphatic rings. The van der Waals surface area contributed by atoms with Gasteiger partial charge in [0.05, 0.1) is 3.79 Å². The Kier molecular flexibility index (Phi) is 6.26. The summed E-state index contributed by atoms with van der Waals surface area (Å²) < 4.78 is 1.21. The van der Waals surface area contributed by atoms with Crippen molar-refractivity contribution in [2.45, 2.75) is 12.5 Å². The zero-order valence-corrected chi connectivity index (χ0v) is 15.0. The number of likely N-dealkylation sites (tertiary alicyclic amines) is 1. The van der Waals surface area contributed by atoms with Crippen LogP contribution in [0.1, 0.15) is 17.0 Å². The summed E-state index contributed by atoms with van der Waals surface area (Å²) in [5.41, 5.74) is 8.81. The second-order valence-corrected chi connectivity index (χ2v) is 7.76. The van der Waals surface area contributed by atoms with E-state index in [9.17, 15) is 0 Å². The number of nitrogens with zero attached hydrogens (tertiary/aromatic N) is 1. The van der Waals surface area contributed by atoms with Gasteiger partial charge < -0.3 is 5.73 Å². The molecule has 2 nitrogen and oxygen atoms in total. The summed E-state index contributed by atoms with van der Waals surface area (Å²) in [6, 6.07) is 13.0. The topological polar surface area (TPSA) is 29.3 Å². The van der Waals surface area contributed by atoms with Gasteiger partial charge in [0.25, 0.3) is 0 Å². The predicted octanol–water partition coefficient (Wildman–Crippen LogP) is 4.11. The molecule has 1 aliphatic heterocycles. The summed E-state index contributed by atoms with van der Waals surface area (Å²) in [4.78, 5) is 2.53. The highest BCUT2D eigenvalue weighted by atomic mass is 79.9. The van der Waals surface area contributed by atoms with Gasteiger partial charge in [-0.05, 0) is 51.0 Å². The molecule has 1 aromatic heterocycles. The highest BCUT2D eigenvalue weighted by Crippen LogP contribution is 2.33. The largest absolute Gasteiger partial charge is 0.330 e. The van der Waals surface area contributed by atoms with Crippen LogP contribution in [-0.4, -0.2) is 24.5 Å². The summed E-state index contributed by atoms with van der Waals surface area (Å²) in [7, 11) is 0. The Balaban J connectivity index is 0.00000161. The van der Waals surface area contributed by atoms with Crippen molar-refractivity contribution in [2.24, 2.45) is 11.7 Å². The molecule has 2 N–H and O–H groups in total. The lowest BCUT2D eigenvalue weighted by Gasteiger charge is -2.16. The Hall–Kier alpha value is -0.390. The van der Waals surface area contributed by atoms with E-state index in [-0.39, 0.29) is 12.4 Å². The standard InChI is InChI=1S/C16H19BrN2S.ClH/c17-16-6-12(11-20-16)8-19-9-14(7-18)15(10-19)13-4-2-1-3-5-13;/h1-6,11,14-15H,7-10,18H2;1H/t14-,15+;/m1./s1. The molecule has 0 spiro atoms. The third kappa shape index (κ3) is 4.08. The van der Waals surface area contributed by atoms with Gasteiger partial charge in [0.15, 0.2) is 0 Å². The van der Waals surface area contributed by atoms with Gasteiger partial charge in [0.2, 0.25) is 0 Å². The fraction of sp³-hybridized carbons (Fsp3) is 0.375. The molecular weight excluding hydrogens is 368 g/mol. The molecular formula is C16H20BrClN2S. The van der Waals surface area contributed by atoms with E-state index in [0.717, 1.165) is 26.2 Å². The van der Waals surface area contributed by atoms with Crippen LogP contribution < -0.4 is 5.73 Å². The van der Waals surface area contributed by atoms with Crippen LogP contribution in [0.3, 0.4) is 0 Å². The molecule has 2 heterocycles. The zero-order chi connectivity index (χ0) is 13.9. The van der Waals surface area contributed by atoms with E-state index < -0.39 is 0 Å². The van der Waals surface area contributed by atoms with Crippen LogP contribution in [0.15, 0.2) is 45.6 Å². The highest BCUT2D eigenvalue weighted by Gasteiger charge is 2.32. The quantitative estimate of drug-likeness (QED) is 0.855. The van der Waals surface area contributed by atoms with Crippen molar-refractivity contribution in [3.8, 4) is 0 Å². The Labute approximate surface area is 144 Å². The molecule has 3 rings (SSSR count). The minimum atomic E-state index is 0. The van der Waals surface area contributed by atoms with Gasteiger partial charge in [0, 0.05) is 25.6 Å². The molecule has 1 fully saturated rings. The molecule has 1 saturated heterocycles. The Bertz CT molecular complexity index is 560. The van der Waals surface area contributed by atoms with Crippen LogP contribution in [0.4, 0.5) is 0 Å². The minimum absolute atomic E-state index is 0. The Morgan fingerprint density at radius 1 is 1.24 bits per heavy atom. The van der Waals surface area contributed by atoms with Gasteiger partial charge >= 0.3 is 0 Å². The van der Waals surface area contributed by atoms with Gasteiger partial charge in [-0.25, -0.2) is 0 Å². The lowest BCUT2D eigenvalue weighted by molar-refractivity contribution is 0.317. The molecule has 1 aromatic carbocycles. The average Bonchev–Trinajstić information content (AvgIpc) is 3.06. The van der Waals surface area contributed by atoms with Gasteiger partial charge in [-0.2, -0.15) is 0 Å². The maximum absolute atomic E-state index is 5.99. The SMILES string of the molecule is Cl.NC[C@@H]1CN(Cc2csc(Br)c2)C[C@H]1c1ccccc1. The first-order valence-corrected chi connectivity index (χ1v) is 8.64. The van der Waals surface area contributed by atoms with Crippen molar-refractivity contribution in [3.05, 3.63) is 56.7 Å². The van der Waals surface area contributed by atoms with Gasteiger partial charge in [-0.1, -0.05) is 30.3 Å². The third-order valence-corrected chi connectivity index (χ3v) is 5.63. The lowest BCUT2D eigenvalue weighted by Crippen LogP contribution is -2.23. The van der Waals surface area contributed by atoms with Gasteiger partial charge in [0.1, 0.15) is 0 Å². The molecule has 0 amide bonds. The van der Waals surface area contributed by atoms with E-state index in [1.165, 1.54) is 14.9 Å². The molecule has 5 heteroatoms. The molecule has 21 heavy (non-hydrogen) atoms. The molecule has 2 atom stereocenters. The summed E-state index contributed by atoms with van der Waals surface area (Å²) >= 11 is 5.29. The minimum Gasteiger partial charge on any atom is -0.330 e. The number of thiophene rings is 1. The number of benzene rings is 1. The number of rotatable bonds is 4. The molecule has 0 aliphatic carbocycles. The van der Waals surface area contributed by atoms with Gasteiger partial charge in [-0.3, -0.25) is 4.90 Å². The van der Waals surface area contributed by atoms with Crippen LogP contribution >= 0.6 is 39.7 Å². The highest BCUT2D eigenvalue weighted by molar-refractivity contribution is 9.11. The molecule has 0 saturated carbocycles. The first kappa shape index (κ1) is 17.0. The van der Waals surface area contributed by atoms with Gasteiger partial charge in [-0.15, -0.1) is 23.7 Å². The molecule has 0 radical (unpaired) electrons. The van der Waals surface area contributed by atoms with Crippen molar-refractivity contribution < 1.29 is 0 Å². The van der Waals surface area contributed by atoms with Crippen molar-refractivity contribution in [1.82, 2.24) is 4.90 Å². The van der Waals surface area contributed by atoms with E-state index in [1.807, 2.05) is 0 Å². The monoisotopic (exact) mass is 386 g/mol. The first-order valence-electron chi connectivity index (χ1n) is 6.96. The zero-order valence-electron chi connectivity index (χ0n) is 11.7. The smallest absolute Gasteiger partial charge is 0.0701 e. The number of nitrogens with two attached hydrogens (primary N) is 1. The summed E-state index contributed by atoms with van der Waals surface area (Å²) in [6.07, 6.45) is 0. The van der Waals surface area contributed by atoms with Crippen LogP contribution in [0.2, 0.25) is 0 Å². The fourth-order valence-corrected chi connectivity index (χ4v) is 4.29. The van der Waals surface area contributed by atoms with E-state index in [2.05, 4.69) is 62.6 Å². The Morgan fingerprint density at radius 2 is 2.00 bits per heavy atom. The Morgan fingerprint density at radius 3 is 2.62 bits per heavy atom. The molecule has 0 unspecified atom stereocenters. The normalized spacial score (nSPS) is 22.2. The van der Waals surface area contributed by atoms with E-state index in [0.29, 0.717) is 11.8 Å². The molecule has 114 valence electrons. The van der Waals surface area contributed by atoms with Crippen molar-refractivity contribution in [1.29, 1.82) is 0 Å². The van der Waals surface area contributed by atoms with E-state index in [4.69, 9.17) is 5.73 Å². The maximum Gasteiger partial charge on any atom is 0.0701 e. The number of halogens is 2. The van der Waals surface area contributed by atoms with Crippen LogP contribution in [-0.2, 0) is 6.54 Å². The van der Waals surface area contributed by atoms with E-state index in [1.54, 1.807) is 11.3 Å². The average molecular weight is 388 g/mol. The maximum atomic E-state index is 5.99. The van der Waals surface area contributed by atoms with Crippen LogP contribution in [0.25, 0.3) is 0 Å². The van der Waals surface area contributed by atoms with Crippen molar-refractivity contribution >= 4 is 39.7 Å². The van der Waals surface area contributed by atoms with Crippen LogP contribution in [0.5, 0.6) is 0 Å². The molecule has 0 bridgehead atoms. The predicted molar refractivity (Wildman–Crippen MR) is 96.3 cm³/mol. The second-order valence-electron chi connectivity index (χ2n) is 5.47. The summed E-state index contributed by atoms with van der Waals surface area (Å²) in [6.45, 7) is 4.01. The third-order valence-electron chi connectivity index (χ3n) is 4.08. The lowest BCUT2D eigenvalue weighted by atomic mass is 9.89. The fourth-order valence-electron chi connectivity index (χ4n) is 3.09. The summed E-state index contributed by atoms with van der Waals surface area (Å²) in [5.74, 6) is 1.14. The van der Waals surface area contributed by atoms with Crippen molar-refractivity contribution in [2.75, 3.05) is 19.6 Å². The van der Waals surface area contributed by atoms with Crippen LogP contribution in [0, 0.1) is 5.92 Å².